The molecule has 0 aromatic carbocycles. The normalized spacial score (nSPS) is 12.5. The topological polar surface area (TPSA) is 38.3 Å². The van der Waals surface area contributed by atoms with Gasteiger partial charge >= 0.3 is 0 Å². The van der Waals surface area contributed by atoms with Gasteiger partial charge in [0.25, 0.3) is 0 Å². The van der Waals surface area contributed by atoms with Gasteiger partial charge in [-0.15, -0.1) is 0 Å². The Bertz CT molecular complexity index is 267. The van der Waals surface area contributed by atoms with Crippen LogP contribution in [-0.2, 0) is 9.53 Å². The lowest BCUT2D eigenvalue weighted by atomic mass is 9.91. The molecule has 0 aromatic heterocycles. The van der Waals surface area contributed by atoms with E-state index in [0.29, 0.717) is 24.3 Å². The van der Waals surface area contributed by atoms with Crippen LogP contribution >= 0.6 is 11.8 Å². The Morgan fingerprint density at radius 3 is 2.25 bits per heavy atom. The molecule has 0 rings (SSSR count). The third-order valence-electron chi connectivity index (χ3n) is 2.55. The molecule has 0 aromatic rings. The number of rotatable bonds is 9. The number of amides is 1. The van der Waals surface area contributed by atoms with E-state index in [1.807, 2.05) is 0 Å². The molecule has 1 amide bonds. The van der Waals surface area contributed by atoms with Crippen LogP contribution in [0, 0.1) is 10.8 Å². The van der Waals surface area contributed by atoms with Crippen LogP contribution in [0.15, 0.2) is 0 Å². The van der Waals surface area contributed by atoms with Crippen molar-refractivity contribution in [2.45, 2.75) is 54.4 Å². The maximum Gasteiger partial charge on any atom is 0.230 e. The summed E-state index contributed by atoms with van der Waals surface area (Å²) < 4.78 is 5.52. The Morgan fingerprint density at radius 2 is 1.70 bits per heavy atom. The van der Waals surface area contributed by atoms with Gasteiger partial charge in [0.05, 0.1) is 12.4 Å². The highest BCUT2D eigenvalue weighted by Gasteiger charge is 2.11. The number of hydrogen-bond acceptors (Lipinski definition) is 3. The predicted molar refractivity (Wildman–Crippen MR) is 89.3 cm³/mol. The van der Waals surface area contributed by atoms with Crippen LogP contribution in [0.5, 0.6) is 0 Å². The zero-order valence-corrected chi connectivity index (χ0v) is 15.0. The molecule has 0 aliphatic carbocycles. The molecule has 3 nitrogen and oxygen atoms in total. The van der Waals surface area contributed by atoms with E-state index in [0.717, 1.165) is 18.8 Å². The highest BCUT2D eigenvalue weighted by atomic mass is 32.2. The van der Waals surface area contributed by atoms with Crippen LogP contribution in [0.25, 0.3) is 0 Å². The van der Waals surface area contributed by atoms with Gasteiger partial charge in [0.1, 0.15) is 0 Å². The van der Waals surface area contributed by atoms with Crippen molar-refractivity contribution < 1.29 is 9.53 Å². The maximum absolute atomic E-state index is 11.6. The second-order valence-electron chi connectivity index (χ2n) is 7.68. The molecule has 0 radical (unpaired) electrons. The molecule has 0 aliphatic rings. The van der Waals surface area contributed by atoms with Crippen LogP contribution < -0.4 is 5.32 Å². The van der Waals surface area contributed by atoms with Crippen LogP contribution in [0.3, 0.4) is 0 Å². The quantitative estimate of drug-likeness (QED) is 0.660. The Morgan fingerprint density at radius 1 is 1.05 bits per heavy atom. The minimum atomic E-state index is 0.109. The molecular weight excluding hydrogens is 270 g/mol. The van der Waals surface area contributed by atoms with E-state index < -0.39 is 0 Å². The zero-order valence-electron chi connectivity index (χ0n) is 14.2. The van der Waals surface area contributed by atoms with Crippen LogP contribution in [0.1, 0.15) is 54.4 Å². The first-order valence-corrected chi connectivity index (χ1v) is 8.68. The van der Waals surface area contributed by atoms with E-state index in [9.17, 15) is 4.79 Å². The van der Waals surface area contributed by atoms with Crippen molar-refractivity contribution in [2.24, 2.45) is 10.8 Å². The largest absolute Gasteiger partial charge is 0.380 e. The molecule has 0 heterocycles. The molecule has 0 saturated heterocycles. The van der Waals surface area contributed by atoms with E-state index in [2.05, 4.69) is 46.9 Å². The summed E-state index contributed by atoms with van der Waals surface area (Å²) >= 11 is 1.69. The second kappa shape index (κ2) is 9.67. The average Bonchev–Trinajstić information content (AvgIpc) is 2.24. The summed E-state index contributed by atoms with van der Waals surface area (Å²) in [4.78, 5) is 11.6. The molecule has 0 unspecified atom stereocenters. The minimum Gasteiger partial charge on any atom is -0.380 e. The van der Waals surface area contributed by atoms with Crippen molar-refractivity contribution in [1.29, 1.82) is 0 Å². The third kappa shape index (κ3) is 15.8. The SMILES string of the molecule is CC(C)(C)CCCOCCNC(=O)CSCC(C)(C)C. The molecule has 0 saturated carbocycles. The summed E-state index contributed by atoms with van der Waals surface area (Å²) in [5, 5.41) is 2.89. The van der Waals surface area contributed by atoms with Gasteiger partial charge in [-0.25, -0.2) is 0 Å². The Balaban J connectivity index is 3.36. The van der Waals surface area contributed by atoms with Crippen molar-refractivity contribution in [2.75, 3.05) is 31.3 Å². The van der Waals surface area contributed by atoms with Crippen molar-refractivity contribution in [1.82, 2.24) is 5.32 Å². The lowest BCUT2D eigenvalue weighted by molar-refractivity contribution is -0.118. The van der Waals surface area contributed by atoms with Crippen molar-refractivity contribution in [3.8, 4) is 0 Å². The van der Waals surface area contributed by atoms with E-state index >= 15 is 0 Å². The van der Waals surface area contributed by atoms with Gasteiger partial charge in [-0.1, -0.05) is 41.5 Å². The molecule has 4 heteroatoms. The summed E-state index contributed by atoms with van der Waals surface area (Å²) in [7, 11) is 0. The number of ether oxygens (including phenoxy) is 1. The summed E-state index contributed by atoms with van der Waals surface area (Å²) in [6, 6.07) is 0. The molecule has 0 bridgehead atoms. The number of nitrogens with one attached hydrogen (secondary N) is 1. The molecule has 0 aliphatic heterocycles. The number of carbonyl (C=O) groups is 1. The summed E-state index contributed by atoms with van der Waals surface area (Å²) in [6.45, 7) is 15.3. The van der Waals surface area contributed by atoms with Crippen LogP contribution in [0.2, 0.25) is 0 Å². The first kappa shape index (κ1) is 19.8. The molecule has 0 atom stereocenters. The molecule has 0 spiro atoms. The number of hydrogen-bond donors (Lipinski definition) is 1. The van der Waals surface area contributed by atoms with Gasteiger partial charge in [-0.3, -0.25) is 4.79 Å². The first-order valence-electron chi connectivity index (χ1n) is 7.52. The lowest BCUT2D eigenvalue weighted by Gasteiger charge is -2.17. The van der Waals surface area contributed by atoms with E-state index in [4.69, 9.17) is 4.74 Å². The summed E-state index contributed by atoms with van der Waals surface area (Å²) in [5.74, 6) is 1.66. The molecule has 0 fully saturated rings. The Labute approximate surface area is 129 Å². The summed E-state index contributed by atoms with van der Waals surface area (Å²) in [6.07, 6.45) is 2.25. The van der Waals surface area contributed by atoms with E-state index in [1.165, 1.54) is 6.42 Å². The van der Waals surface area contributed by atoms with E-state index in [-0.39, 0.29) is 11.3 Å². The first-order chi connectivity index (χ1) is 9.10. The third-order valence-corrected chi connectivity index (χ3v) is 4.09. The van der Waals surface area contributed by atoms with Gasteiger partial charge in [0, 0.05) is 13.2 Å². The van der Waals surface area contributed by atoms with Gasteiger partial charge < -0.3 is 10.1 Å². The number of thioether (sulfide) groups is 1. The number of carbonyl (C=O) groups excluding carboxylic acids is 1. The highest BCUT2D eigenvalue weighted by molar-refractivity contribution is 7.99. The van der Waals surface area contributed by atoms with Gasteiger partial charge in [-0.2, -0.15) is 11.8 Å². The molecular formula is C16H33NO2S. The standard InChI is InChI=1S/C16H33NO2S/c1-15(2,3)8-7-10-19-11-9-17-14(18)12-20-13-16(4,5)6/h7-13H2,1-6H3,(H,17,18). The van der Waals surface area contributed by atoms with Gasteiger partial charge in [-0.05, 0) is 29.4 Å². The molecule has 20 heavy (non-hydrogen) atoms. The van der Waals surface area contributed by atoms with Gasteiger partial charge in [0.2, 0.25) is 5.91 Å². The fourth-order valence-corrected chi connectivity index (χ4v) is 2.57. The van der Waals surface area contributed by atoms with Crippen LogP contribution in [-0.4, -0.2) is 37.2 Å². The Hall–Kier alpha value is -0.220. The fraction of sp³-hybridized carbons (Fsp3) is 0.938. The average molecular weight is 304 g/mol. The fourth-order valence-electron chi connectivity index (χ4n) is 1.57. The van der Waals surface area contributed by atoms with Gasteiger partial charge in [0.15, 0.2) is 0 Å². The molecule has 120 valence electrons. The van der Waals surface area contributed by atoms with Crippen molar-refractivity contribution in [3.05, 3.63) is 0 Å². The predicted octanol–water partition coefficient (Wildman–Crippen LogP) is 3.72. The maximum atomic E-state index is 11.6. The smallest absolute Gasteiger partial charge is 0.230 e. The molecule has 1 N–H and O–H groups in total. The minimum absolute atomic E-state index is 0.109. The zero-order chi connectivity index (χ0) is 15.6. The highest BCUT2D eigenvalue weighted by Crippen LogP contribution is 2.20. The monoisotopic (exact) mass is 303 g/mol. The second-order valence-corrected chi connectivity index (χ2v) is 8.67. The van der Waals surface area contributed by atoms with Crippen molar-refractivity contribution in [3.63, 3.8) is 0 Å². The Kier molecular flexibility index (Phi) is 9.56. The summed E-state index contributed by atoms with van der Waals surface area (Å²) in [5.41, 5.74) is 0.656. The van der Waals surface area contributed by atoms with Crippen molar-refractivity contribution >= 4 is 17.7 Å². The lowest BCUT2D eigenvalue weighted by Crippen LogP contribution is -2.29. The van der Waals surface area contributed by atoms with E-state index in [1.54, 1.807) is 11.8 Å². The van der Waals surface area contributed by atoms with Crippen LogP contribution in [0.4, 0.5) is 0 Å².